The van der Waals surface area contributed by atoms with Crippen molar-refractivity contribution >= 4 is 35.8 Å². The zero-order valence-electron chi connectivity index (χ0n) is 56.7. The first-order valence-corrected chi connectivity index (χ1v) is 44.2. The molecule has 0 aromatic heterocycles. The first-order valence-electron chi connectivity index (χ1n) is 35.3. The van der Waals surface area contributed by atoms with E-state index >= 15 is 9.36 Å². The SMILES string of the molecule is CCCCCCCCCCCCCCC(CCCCCCCCCCC)CC(=O)O[C@@H]1[C@@H](NC(=O)C[C@@H](CCCCCCCCCCC)OCOCC[Si](C)(C)C)[C@H](OCC[Si](C)(C)C)O[C@H](CO)[C@H]1OP(=O)(Oc1ccccc1)Oc1ccccc1. The average molecular weight is 1270 g/mol. The van der Waals surface area contributed by atoms with Gasteiger partial charge in [0.1, 0.15) is 36.5 Å². The molecule has 502 valence electrons. The van der Waals surface area contributed by atoms with Crippen LogP contribution in [0, 0.1) is 5.92 Å². The second-order valence-corrected chi connectivity index (χ2v) is 40.3. The molecule has 1 fully saturated rings. The topological polar surface area (TPSA) is 157 Å². The van der Waals surface area contributed by atoms with Gasteiger partial charge in [-0.1, -0.05) is 289 Å². The number of esters is 1. The van der Waals surface area contributed by atoms with Gasteiger partial charge in [0, 0.05) is 35.8 Å². The number of hydrogen-bond donors (Lipinski definition) is 2. The summed E-state index contributed by atoms with van der Waals surface area (Å²) < 4.78 is 66.8. The molecule has 1 heterocycles. The van der Waals surface area contributed by atoms with Crippen LogP contribution < -0.4 is 14.4 Å². The molecule has 0 spiro atoms. The molecule has 0 bridgehead atoms. The number of rotatable bonds is 56. The summed E-state index contributed by atoms with van der Waals surface area (Å²) in [6.07, 6.45) is 33.4. The molecule has 13 nitrogen and oxygen atoms in total. The van der Waals surface area contributed by atoms with Gasteiger partial charge in [-0.05, 0) is 61.5 Å². The van der Waals surface area contributed by atoms with Gasteiger partial charge in [0.2, 0.25) is 5.91 Å². The number of unbranched alkanes of at least 4 members (excludes halogenated alkanes) is 27. The fraction of sp³-hybridized carbons (Fsp3) is 0.803. The van der Waals surface area contributed by atoms with Crippen LogP contribution in [0.25, 0.3) is 0 Å². The van der Waals surface area contributed by atoms with Crippen molar-refractivity contribution in [1.29, 1.82) is 0 Å². The highest BCUT2D eigenvalue weighted by Crippen LogP contribution is 2.52. The van der Waals surface area contributed by atoms with E-state index in [0.717, 1.165) is 69.9 Å². The zero-order chi connectivity index (χ0) is 63.3. The van der Waals surface area contributed by atoms with Crippen molar-refractivity contribution in [3.8, 4) is 11.5 Å². The summed E-state index contributed by atoms with van der Waals surface area (Å²) in [4.78, 5) is 30.0. The van der Waals surface area contributed by atoms with E-state index in [4.69, 9.17) is 37.3 Å². The number of carbonyl (C=O) groups excluding carboxylic acids is 2. The number of aliphatic hydroxyl groups is 1. The number of phosphoric acid groups is 1. The summed E-state index contributed by atoms with van der Waals surface area (Å²) in [6, 6.07) is 17.8. The van der Waals surface area contributed by atoms with E-state index in [1.165, 1.54) is 148 Å². The minimum absolute atomic E-state index is 0.00523. The van der Waals surface area contributed by atoms with Crippen LogP contribution in [-0.2, 0) is 42.4 Å². The third kappa shape index (κ3) is 39.4. The van der Waals surface area contributed by atoms with Gasteiger partial charge in [0.25, 0.3) is 0 Å². The predicted molar refractivity (Wildman–Crippen MR) is 364 cm³/mol. The second-order valence-electron chi connectivity index (χ2n) is 27.6. The number of para-hydroxylation sites is 2. The van der Waals surface area contributed by atoms with Crippen molar-refractivity contribution in [2.75, 3.05) is 26.6 Å². The highest BCUT2D eigenvalue weighted by molar-refractivity contribution is 7.49. The van der Waals surface area contributed by atoms with Gasteiger partial charge >= 0.3 is 13.8 Å². The summed E-state index contributed by atoms with van der Waals surface area (Å²) in [5, 5.41) is 14.5. The van der Waals surface area contributed by atoms with Crippen molar-refractivity contribution in [3.05, 3.63) is 60.7 Å². The summed E-state index contributed by atoms with van der Waals surface area (Å²) >= 11 is 0. The van der Waals surface area contributed by atoms with Gasteiger partial charge in [-0.25, -0.2) is 4.57 Å². The van der Waals surface area contributed by atoms with Gasteiger partial charge < -0.3 is 43.2 Å². The van der Waals surface area contributed by atoms with E-state index in [9.17, 15) is 9.90 Å². The molecule has 2 aromatic carbocycles. The molecule has 0 aliphatic carbocycles. The lowest BCUT2D eigenvalue weighted by Gasteiger charge is -2.45. The van der Waals surface area contributed by atoms with Gasteiger partial charge in [0.05, 0.1) is 19.1 Å². The number of hydrogen-bond acceptors (Lipinski definition) is 12. The van der Waals surface area contributed by atoms with Crippen molar-refractivity contribution < 1.29 is 56.5 Å². The molecule has 1 aliphatic rings. The number of amides is 1. The fourth-order valence-corrected chi connectivity index (χ4v) is 14.2. The normalized spacial score (nSPS) is 18.1. The van der Waals surface area contributed by atoms with E-state index in [1.807, 2.05) is 12.1 Å². The Balaban J connectivity index is 2.03. The van der Waals surface area contributed by atoms with Crippen LogP contribution in [-0.4, -0.2) is 96.5 Å². The first-order chi connectivity index (χ1) is 42.0. The lowest BCUT2D eigenvalue weighted by atomic mass is 9.91. The number of ether oxygens (including phenoxy) is 5. The van der Waals surface area contributed by atoms with Gasteiger partial charge in [-0.15, -0.1) is 0 Å². The molecule has 0 radical (unpaired) electrons. The molecule has 3 rings (SSSR count). The summed E-state index contributed by atoms with van der Waals surface area (Å²) in [6.45, 7) is 20.8. The van der Waals surface area contributed by atoms with Crippen LogP contribution in [0.5, 0.6) is 11.5 Å². The van der Waals surface area contributed by atoms with Crippen molar-refractivity contribution in [1.82, 2.24) is 5.32 Å². The van der Waals surface area contributed by atoms with Gasteiger partial charge in [-0.3, -0.25) is 14.1 Å². The lowest BCUT2D eigenvalue weighted by molar-refractivity contribution is -0.269. The summed E-state index contributed by atoms with van der Waals surface area (Å²) in [7, 11) is -7.74. The first kappa shape index (κ1) is 78.6. The monoisotopic (exact) mass is 1270 g/mol. The minimum Gasteiger partial charge on any atom is -0.457 e. The molecule has 16 heteroatoms. The molecule has 0 saturated carbocycles. The number of carbonyl (C=O) groups is 2. The number of phosphoric ester groups is 1. The molecule has 2 aromatic rings. The molecule has 1 aliphatic heterocycles. The van der Waals surface area contributed by atoms with Gasteiger partial charge in [-0.2, -0.15) is 0 Å². The van der Waals surface area contributed by atoms with Gasteiger partial charge in [0.15, 0.2) is 12.4 Å². The highest BCUT2D eigenvalue weighted by Gasteiger charge is 2.54. The van der Waals surface area contributed by atoms with Crippen LogP contribution in [0.1, 0.15) is 245 Å². The maximum Gasteiger partial charge on any atom is 0.588 e. The molecule has 1 amide bonds. The lowest BCUT2D eigenvalue weighted by Crippen LogP contribution is -2.66. The predicted octanol–water partition coefficient (Wildman–Crippen LogP) is 20.1. The quantitative estimate of drug-likeness (QED) is 0.0213. The Morgan fingerprint density at radius 3 is 1.39 bits per heavy atom. The van der Waals surface area contributed by atoms with E-state index in [-0.39, 0.29) is 43.0 Å². The van der Waals surface area contributed by atoms with E-state index in [2.05, 4.69) is 65.4 Å². The average Bonchev–Trinajstić information content (AvgIpc) is 1.10. The van der Waals surface area contributed by atoms with Crippen molar-refractivity contribution in [2.24, 2.45) is 5.92 Å². The molecule has 1 unspecified atom stereocenters. The van der Waals surface area contributed by atoms with Crippen LogP contribution in [0.4, 0.5) is 0 Å². The molecule has 1 saturated heterocycles. The maximum absolute atomic E-state index is 15.4. The largest absolute Gasteiger partial charge is 0.588 e. The van der Waals surface area contributed by atoms with Crippen LogP contribution >= 0.6 is 7.82 Å². The summed E-state index contributed by atoms with van der Waals surface area (Å²) in [5.74, 6) is -0.362. The highest BCUT2D eigenvalue weighted by atomic mass is 31.2. The third-order valence-electron chi connectivity index (χ3n) is 16.8. The second kappa shape index (κ2) is 48.2. The number of benzene rings is 2. The van der Waals surface area contributed by atoms with E-state index in [1.54, 1.807) is 48.5 Å². The Morgan fingerprint density at radius 1 is 0.552 bits per heavy atom. The smallest absolute Gasteiger partial charge is 0.457 e. The van der Waals surface area contributed by atoms with E-state index in [0.29, 0.717) is 19.6 Å². The minimum atomic E-state index is -4.73. The fourth-order valence-electron chi connectivity index (χ4n) is 11.3. The Labute approximate surface area is 533 Å². The zero-order valence-corrected chi connectivity index (χ0v) is 59.6. The molecular formula is C71H128NO12PSi2. The number of aliphatic hydroxyl groups excluding tert-OH is 1. The maximum atomic E-state index is 15.4. The molecule has 7 atom stereocenters. The Hall–Kier alpha value is -2.60. The van der Waals surface area contributed by atoms with E-state index < -0.39 is 73.3 Å². The van der Waals surface area contributed by atoms with Crippen LogP contribution in [0.3, 0.4) is 0 Å². The molecule has 87 heavy (non-hydrogen) atoms. The third-order valence-corrected chi connectivity index (χ3v) is 21.6. The number of nitrogens with one attached hydrogen (secondary N) is 1. The van der Waals surface area contributed by atoms with Crippen molar-refractivity contribution in [3.63, 3.8) is 0 Å². The Bertz CT molecular complexity index is 1980. The van der Waals surface area contributed by atoms with Crippen LogP contribution in [0.15, 0.2) is 60.7 Å². The van der Waals surface area contributed by atoms with Crippen LogP contribution in [0.2, 0.25) is 51.4 Å². The Morgan fingerprint density at radius 2 is 0.966 bits per heavy atom. The molecular weight excluding hydrogens is 1150 g/mol. The molecule has 2 N–H and O–H groups in total. The van der Waals surface area contributed by atoms with Crippen molar-refractivity contribution in [2.45, 2.75) is 334 Å². The Kier molecular flexibility index (Phi) is 43.6. The summed E-state index contributed by atoms with van der Waals surface area (Å²) in [5.41, 5.74) is 0. The standard InChI is InChI=1S/C71H128NO12PSi2/c1-10-13-16-19-22-25-26-27-30-32-35-40-47-61(46-39-34-31-28-23-20-17-14-11-2)57-67(75)81-70-68(72-66(74)58-64(79-60-77-53-55-86(4,5)6)52-41-36-33-29-24-21-18-15-12-3)71(78-54-56-87(7,8)9)80-65(59-73)69(70)84-85(76,82-62-48-42-37-43-49-62)83-63-50-44-38-45-51-63/h37-38,42-45,48-51,61,64-65,68-71,73H,10-36,39-41,46-47,52-60H2,1-9H3,(H,72,74)/t61?,64-,65-,68-,69-,70-,71-/m1/s1.